The number of hydrogen-bond donors (Lipinski definition) is 3. The first kappa shape index (κ1) is 22.9. The van der Waals surface area contributed by atoms with Gasteiger partial charge >= 0.3 is 23.9 Å². The molecule has 0 unspecified atom stereocenters. The molecule has 0 bridgehead atoms. The molecule has 0 saturated carbocycles. The van der Waals surface area contributed by atoms with E-state index in [0.717, 1.165) is 11.8 Å². The fourth-order valence-corrected chi connectivity index (χ4v) is 3.75. The zero-order valence-corrected chi connectivity index (χ0v) is 15.9. The molecule has 0 radical (unpaired) electrons. The SMILES string of the molecule is COC(=O)[C@H]1O[C@@H](n2cc(CC=O)nn2)[C@H](CC(=O)O)[C@@H](CC(=O)O)[C@@H]1CC(=O)O. The second-order valence-electron chi connectivity index (χ2n) is 6.82. The molecule has 1 fully saturated rings. The molecule has 2 heterocycles. The van der Waals surface area contributed by atoms with Crippen LogP contribution in [0, 0.1) is 17.8 Å². The van der Waals surface area contributed by atoms with Gasteiger partial charge in [-0.1, -0.05) is 5.21 Å². The van der Waals surface area contributed by atoms with Gasteiger partial charge in [-0.25, -0.2) is 9.48 Å². The fourth-order valence-electron chi connectivity index (χ4n) is 3.75. The summed E-state index contributed by atoms with van der Waals surface area (Å²) in [5.41, 5.74) is 0.250. The minimum atomic E-state index is -1.47. The van der Waals surface area contributed by atoms with Crippen molar-refractivity contribution in [1.29, 1.82) is 0 Å². The third-order valence-corrected chi connectivity index (χ3v) is 4.92. The lowest BCUT2D eigenvalue weighted by atomic mass is 9.70. The quantitative estimate of drug-likeness (QED) is 0.316. The fraction of sp³-hybridized carbons (Fsp3) is 0.588. The lowest BCUT2D eigenvalue weighted by molar-refractivity contribution is -0.211. The number of hydrogen-bond acceptors (Lipinski definition) is 9. The van der Waals surface area contributed by atoms with Crippen molar-refractivity contribution >= 4 is 30.2 Å². The second-order valence-corrected chi connectivity index (χ2v) is 6.82. The van der Waals surface area contributed by atoms with E-state index >= 15 is 0 Å². The third kappa shape index (κ3) is 5.37. The summed E-state index contributed by atoms with van der Waals surface area (Å²) in [6.07, 6.45) is -2.69. The Balaban J connectivity index is 2.55. The number of rotatable bonds is 10. The van der Waals surface area contributed by atoms with Gasteiger partial charge in [0.05, 0.1) is 31.8 Å². The van der Waals surface area contributed by atoms with Crippen LogP contribution in [-0.2, 0) is 39.9 Å². The van der Waals surface area contributed by atoms with Crippen molar-refractivity contribution in [3.63, 3.8) is 0 Å². The average molecular weight is 427 g/mol. The Morgan fingerprint density at radius 2 is 1.63 bits per heavy atom. The van der Waals surface area contributed by atoms with Gasteiger partial charge in [0.25, 0.3) is 0 Å². The van der Waals surface area contributed by atoms with Crippen molar-refractivity contribution in [3.8, 4) is 0 Å². The highest BCUT2D eigenvalue weighted by molar-refractivity contribution is 5.77. The highest BCUT2D eigenvalue weighted by Crippen LogP contribution is 2.45. The number of aliphatic carboxylic acids is 3. The van der Waals surface area contributed by atoms with Crippen LogP contribution in [-0.4, -0.2) is 73.7 Å². The molecular formula is C17H21N3O10. The van der Waals surface area contributed by atoms with Crippen molar-refractivity contribution in [1.82, 2.24) is 15.0 Å². The highest BCUT2D eigenvalue weighted by atomic mass is 16.6. The van der Waals surface area contributed by atoms with Crippen LogP contribution in [0.15, 0.2) is 6.20 Å². The van der Waals surface area contributed by atoms with Gasteiger partial charge in [0.1, 0.15) is 6.29 Å². The van der Waals surface area contributed by atoms with Gasteiger partial charge in [-0.2, -0.15) is 0 Å². The van der Waals surface area contributed by atoms with Crippen LogP contribution in [0.5, 0.6) is 0 Å². The Morgan fingerprint density at radius 1 is 1.07 bits per heavy atom. The Hall–Kier alpha value is -3.35. The molecule has 164 valence electrons. The van der Waals surface area contributed by atoms with Crippen LogP contribution in [0.3, 0.4) is 0 Å². The Morgan fingerprint density at radius 3 is 2.17 bits per heavy atom. The standard InChI is InChI=1S/C17H21N3O10/c1-29-17(28)15-10(5-13(24)25)9(4-12(22)23)11(6-14(26)27)16(30-15)20-7-8(2-3-21)18-19-20/h3,7,9-11,15-16H,2,4-6H2,1H3,(H,22,23)(H,24,25)(H,26,27)/t9-,10-,11+,15-,16+/m0/s1. The summed E-state index contributed by atoms with van der Waals surface area (Å²) in [5.74, 6) is -8.06. The maximum Gasteiger partial charge on any atom is 0.335 e. The first-order valence-corrected chi connectivity index (χ1v) is 8.90. The van der Waals surface area contributed by atoms with E-state index in [-0.39, 0.29) is 12.1 Å². The van der Waals surface area contributed by atoms with E-state index in [0.29, 0.717) is 6.29 Å². The third-order valence-electron chi connectivity index (χ3n) is 4.92. The van der Waals surface area contributed by atoms with E-state index in [9.17, 15) is 39.3 Å². The lowest BCUT2D eigenvalue weighted by Gasteiger charge is -2.44. The minimum Gasteiger partial charge on any atom is -0.481 e. The number of carbonyl (C=O) groups is 5. The van der Waals surface area contributed by atoms with Gasteiger partial charge in [0, 0.05) is 24.7 Å². The Kier molecular flexibility index (Phi) is 7.58. The zero-order chi connectivity index (χ0) is 22.4. The molecule has 3 N–H and O–H groups in total. The molecule has 0 aliphatic carbocycles. The molecule has 1 aromatic rings. The number of methoxy groups -OCH3 is 1. The van der Waals surface area contributed by atoms with E-state index in [2.05, 4.69) is 15.0 Å². The Bertz CT molecular complexity index is 822. The van der Waals surface area contributed by atoms with E-state index < -0.39 is 73.2 Å². The predicted molar refractivity (Wildman–Crippen MR) is 92.9 cm³/mol. The molecule has 30 heavy (non-hydrogen) atoms. The first-order valence-electron chi connectivity index (χ1n) is 8.90. The molecule has 1 aliphatic rings. The van der Waals surface area contributed by atoms with Gasteiger partial charge in [0.2, 0.25) is 0 Å². The van der Waals surface area contributed by atoms with Crippen LogP contribution in [0.4, 0.5) is 0 Å². The predicted octanol–water partition coefficient (Wildman–Crippen LogP) is -0.637. The second kappa shape index (κ2) is 9.91. The average Bonchev–Trinajstić information content (AvgIpc) is 3.11. The van der Waals surface area contributed by atoms with Crippen molar-refractivity contribution in [2.24, 2.45) is 17.8 Å². The van der Waals surface area contributed by atoms with Gasteiger partial charge in [0.15, 0.2) is 12.3 Å². The topological polar surface area (TPSA) is 195 Å². The van der Waals surface area contributed by atoms with E-state index in [1.54, 1.807) is 0 Å². The van der Waals surface area contributed by atoms with Gasteiger partial charge in [-0.05, 0) is 5.92 Å². The van der Waals surface area contributed by atoms with Gasteiger partial charge in [-0.15, -0.1) is 5.10 Å². The maximum absolute atomic E-state index is 12.3. The molecule has 1 aromatic heterocycles. The van der Waals surface area contributed by atoms with Crippen LogP contribution in [0.2, 0.25) is 0 Å². The summed E-state index contributed by atoms with van der Waals surface area (Å²) in [4.78, 5) is 57.4. The summed E-state index contributed by atoms with van der Waals surface area (Å²) in [6.45, 7) is 0. The van der Waals surface area contributed by atoms with Crippen molar-refractivity contribution < 1.29 is 48.8 Å². The van der Waals surface area contributed by atoms with Crippen LogP contribution in [0.1, 0.15) is 31.2 Å². The summed E-state index contributed by atoms with van der Waals surface area (Å²) < 4.78 is 11.5. The molecule has 5 atom stereocenters. The highest BCUT2D eigenvalue weighted by Gasteiger charge is 2.51. The number of ether oxygens (including phenoxy) is 2. The summed E-state index contributed by atoms with van der Waals surface area (Å²) in [7, 11) is 1.06. The van der Waals surface area contributed by atoms with E-state index in [1.807, 2.05) is 0 Å². The van der Waals surface area contributed by atoms with Crippen LogP contribution < -0.4 is 0 Å². The smallest absolute Gasteiger partial charge is 0.335 e. The molecule has 0 amide bonds. The van der Waals surface area contributed by atoms with Crippen molar-refractivity contribution in [3.05, 3.63) is 11.9 Å². The molecule has 13 heteroatoms. The van der Waals surface area contributed by atoms with Gasteiger partial charge in [-0.3, -0.25) is 14.4 Å². The monoisotopic (exact) mass is 427 g/mol. The Labute approximate surface area is 169 Å². The van der Waals surface area contributed by atoms with Crippen molar-refractivity contribution in [2.75, 3.05) is 7.11 Å². The summed E-state index contributed by atoms with van der Waals surface area (Å²) in [5, 5.41) is 35.6. The summed E-state index contributed by atoms with van der Waals surface area (Å²) in [6, 6.07) is 0. The minimum absolute atomic E-state index is 0.0725. The summed E-state index contributed by atoms with van der Waals surface area (Å²) >= 11 is 0. The van der Waals surface area contributed by atoms with Gasteiger partial charge < -0.3 is 29.6 Å². The lowest BCUT2D eigenvalue weighted by Crippen LogP contribution is -2.51. The number of esters is 1. The molecule has 2 rings (SSSR count). The molecular weight excluding hydrogens is 406 g/mol. The van der Waals surface area contributed by atoms with Crippen molar-refractivity contribution in [2.45, 2.75) is 38.0 Å². The van der Waals surface area contributed by atoms with Crippen LogP contribution in [0.25, 0.3) is 0 Å². The molecule has 13 nitrogen and oxygen atoms in total. The normalized spacial score (nSPS) is 26.0. The van der Waals surface area contributed by atoms with Crippen LogP contribution >= 0.6 is 0 Å². The number of aromatic nitrogens is 3. The van der Waals surface area contributed by atoms with E-state index in [1.165, 1.54) is 6.20 Å². The number of carboxylic acid groups (broad SMARTS) is 3. The molecule has 1 aliphatic heterocycles. The number of aldehydes is 1. The van der Waals surface area contributed by atoms with E-state index in [4.69, 9.17) is 4.74 Å². The number of carbonyl (C=O) groups excluding carboxylic acids is 2. The molecule has 0 aromatic carbocycles. The molecule has 1 saturated heterocycles. The zero-order valence-electron chi connectivity index (χ0n) is 15.9. The maximum atomic E-state index is 12.3. The molecule has 0 spiro atoms. The first-order chi connectivity index (χ1) is 14.2. The number of carboxylic acids is 3. The number of nitrogens with zero attached hydrogens (tertiary/aromatic N) is 3. The largest absolute Gasteiger partial charge is 0.481 e.